The molecule has 0 atom stereocenters. The normalized spacial score (nSPS) is 13.5. The fourth-order valence-corrected chi connectivity index (χ4v) is 3.75. The highest BCUT2D eigenvalue weighted by Gasteiger charge is 2.27. The average molecular weight is 365 g/mol. The van der Waals surface area contributed by atoms with E-state index >= 15 is 0 Å². The van der Waals surface area contributed by atoms with E-state index in [1.165, 1.54) is 17.8 Å². The predicted molar refractivity (Wildman–Crippen MR) is 97.6 cm³/mol. The number of carbonyl (C=O) groups is 1. The van der Waals surface area contributed by atoms with Crippen molar-refractivity contribution in [1.82, 2.24) is 9.55 Å². The van der Waals surface area contributed by atoms with Crippen LogP contribution in [0.3, 0.4) is 0 Å². The quantitative estimate of drug-likeness (QED) is 0.365. The Morgan fingerprint density at radius 1 is 1.15 bits per heavy atom. The number of carbonyl (C=O) groups excluding carboxylic acids is 1. The van der Waals surface area contributed by atoms with E-state index in [0.29, 0.717) is 22.1 Å². The van der Waals surface area contributed by atoms with Crippen molar-refractivity contribution in [2.24, 2.45) is 0 Å². The Balaban J connectivity index is 1.67. The molecule has 1 aliphatic carbocycles. The zero-order valence-electron chi connectivity index (χ0n) is 13.7. The van der Waals surface area contributed by atoms with Crippen LogP contribution in [0.4, 0.5) is 5.69 Å². The van der Waals surface area contributed by atoms with Gasteiger partial charge in [0.15, 0.2) is 10.9 Å². The highest BCUT2D eigenvalue weighted by atomic mass is 32.2. The minimum atomic E-state index is -0.450. The monoisotopic (exact) mass is 365 g/mol. The largest absolute Gasteiger partial charge is 0.323 e. The molecule has 0 spiro atoms. The number of nitrogens with zero attached hydrogens (tertiary/aromatic N) is 3. The summed E-state index contributed by atoms with van der Waals surface area (Å²) < 4.78 is 2.05. The van der Waals surface area contributed by atoms with Crippen molar-refractivity contribution in [2.75, 3.05) is 0 Å². The van der Waals surface area contributed by atoms with Crippen LogP contribution in [0, 0.1) is 10.1 Å². The molecule has 1 saturated carbocycles. The van der Waals surface area contributed by atoms with Crippen molar-refractivity contribution < 1.29 is 9.72 Å². The second-order valence-electron chi connectivity index (χ2n) is 6.09. The molecule has 26 heavy (non-hydrogen) atoms. The first-order chi connectivity index (χ1) is 12.6. The summed E-state index contributed by atoms with van der Waals surface area (Å²) in [6.07, 6.45) is 5.83. The molecule has 0 radical (unpaired) electrons. The second-order valence-corrected chi connectivity index (χ2v) is 7.09. The molecule has 1 aliphatic rings. The molecular weight excluding hydrogens is 350 g/mol. The number of aromatic nitrogens is 2. The van der Waals surface area contributed by atoms with Crippen LogP contribution in [0.5, 0.6) is 0 Å². The summed E-state index contributed by atoms with van der Waals surface area (Å²) in [6, 6.07) is 13.8. The highest BCUT2D eigenvalue weighted by Crippen LogP contribution is 2.41. The third-order valence-electron chi connectivity index (χ3n) is 4.23. The van der Waals surface area contributed by atoms with Crippen LogP contribution in [0.15, 0.2) is 71.0 Å². The van der Waals surface area contributed by atoms with Gasteiger partial charge in [0.1, 0.15) is 0 Å². The fraction of sp³-hybridized carbons (Fsp3) is 0.158. The molecule has 0 aliphatic heterocycles. The molecule has 6 nitrogen and oxygen atoms in total. The molecule has 1 aromatic heterocycles. The molecule has 0 unspecified atom stereocenters. The summed E-state index contributed by atoms with van der Waals surface area (Å²) in [7, 11) is 0. The average Bonchev–Trinajstić information content (AvgIpc) is 3.41. The molecule has 0 bridgehead atoms. The number of hydrogen-bond acceptors (Lipinski definition) is 5. The molecule has 3 aromatic rings. The van der Waals surface area contributed by atoms with E-state index in [0.717, 1.165) is 18.0 Å². The van der Waals surface area contributed by atoms with E-state index in [1.807, 2.05) is 12.3 Å². The third-order valence-corrected chi connectivity index (χ3v) is 5.29. The summed E-state index contributed by atoms with van der Waals surface area (Å²) in [5.41, 5.74) is 0.728. The molecule has 7 heteroatoms. The number of benzene rings is 2. The first-order valence-electron chi connectivity index (χ1n) is 8.22. The molecule has 0 amide bonds. The summed E-state index contributed by atoms with van der Waals surface area (Å²) in [6.45, 7) is 0. The van der Waals surface area contributed by atoms with E-state index in [2.05, 4.69) is 9.55 Å². The van der Waals surface area contributed by atoms with Crippen molar-refractivity contribution >= 4 is 23.2 Å². The predicted octanol–water partition coefficient (Wildman–Crippen LogP) is 4.51. The van der Waals surface area contributed by atoms with Crippen LogP contribution >= 0.6 is 11.8 Å². The maximum Gasteiger partial charge on any atom is 0.284 e. The summed E-state index contributed by atoms with van der Waals surface area (Å²) in [5, 5.41) is 12.3. The number of nitro benzene ring substituents is 1. The minimum absolute atomic E-state index is 0.0814. The molecule has 130 valence electrons. The highest BCUT2D eigenvalue weighted by molar-refractivity contribution is 7.99. The van der Waals surface area contributed by atoms with Crippen molar-refractivity contribution in [3.8, 4) is 0 Å². The van der Waals surface area contributed by atoms with Crippen molar-refractivity contribution in [3.05, 3.63) is 82.2 Å². The lowest BCUT2D eigenvalue weighted by atomic mass is 10.0. The standard InChI is InChI=1S/C19H15N3O3S/c23-18(13-4-2-1-3-5-13)14-6-9-17(16(12-14)22(24)25)26-19-20-10-11-21(19)15-7-8-15/h1-6,9-12,15H,7-8H2. The van der Waals surface area contributed by atoms with E-state index < -0.39 is 4.92 Å². The van der Waals surface area contributed by atoms with E-state index in [-0.39, 0.29) is 11.5 Å². The maximum atomic E-state index is 12.6. The van der Waals surface area contributed by atoms with Crippen LogP contribution in [-0.4, -0.2) is 20.3 Å². The van der Waals surface area contributed by atoms with Crippen molar-refractivity contribution in [2.45, 2.75) is 28.9 Å². The van der Waals surface area contributed by atoms with Gasteiger partial charge in [0.05, 0.1) is 9.82 Å². The smallest absolute Gasteiger partial charge is 0.284 e. The Morgan fingerprint density at radius 2 is 1.92 bits per heavy atom. The number of imidazole rings is 1. The molecule has 1 fully saturated rings. The van der Waals surface area contributed by atoms with Gasteiger partial charge in [-0.25, -0.2) is 4.98 Å². The van der Waals surface area contributed by atoms with Gasteiger partial charge < -0.3 is 4.57 Å². The molecule has 2 aromatic carbocycles. The van der Waals surface area contributed by atoms with Gasteiger partial charge in [-0.15, -0.1) is 0 Å². The minimum Gasteiger partial charge on any atom is -0.323 e. The summed E-state index contributed by atoms with van der Waals surface area (Å²) in [4.78, 5) is 28.4. The Bertz CT molecular complexity index is 981. The fourth-order valence-electron chi connectivity index (χ4n) is 2.75. The van der Waals surface area contributed by atoms with Crippen LogP contribution in [0.25, 0.3) is 0 Å². The SMILES string of the molecule is O=C(c1ccccc1)c1ccc(Sc2nccn2C2CC2)c([N+](=O)[O-])c1. The molecule has 0 saturated heterocycles. The van der Waals surface area contributed by atoms with E-state index in [1.54, 1.807) is 42.6 Å². The number of nitro groups is 1. The Hall–Kier alpha value is -2.93. The van der Waals surface area contributed by atoms with Crippen LogP contribution in [0.1, 0.15) is 34.8 Å². The van der Waals surface area contributed by atoms with Crippen molar-refractivity contribution in [1.29, 1.82) is 0 Å². The van der Waals surface area contributed by atoms with Gasteiger partial charge in [-0.2, -0.15) is 0 Å². The Kier molecular flexibility index (Phi) is 4.30. The Morgan fingerprint density at radius 3 is 2.62 bits per heavy atom. The zero-order chi connectivity index (χ0) is 18.1. The van der Waals surface area contributed by atoms with Crippen LogP contribution in [0.2, 0.25) is 0 Å². The lowest BCUT2D eigenvalue weighted by Gasteiger charge is -2.07. The van der Waals surface area contributed by atoms with Gasteiger partial charge in [-0.3, -0.25) is 14.9 Å². The second kappa shape index (κ2) is 6.76. The van der Waals surface area contributed by atoms with Crippen molar-refractivity contribution in [3.63, 3.8) is 0 Å². The molecule has 0 N–H and O–H groups in total. The van der Waals surface area contributed by atoms with E-state index in [9.17, 15) is 14.9 Å². The van der Waals surface area contributed by atoms with Crippen LogP contribution < -0.4 is 0 Å². The van der Waals surface area contributed by atoms with Gasteiger partial charge in [-0.05, 0) is 36.7 Å². The summed E-state index contributed by atoms with van der Waals surface area (Å²) >= 11 is 1.26. The number of rotatable bonds is 6. The lowest BCUT2D eigenvalue weighted by molar-refractivity contribution is -0.387. The maximum absolute atomic E-state index is 12.6. The van der Waals surface area contributed by atoms with Gasteiger partial charge in [0, 0.05) is 35.6 Å². The van der Waals surface area contributed by atoms with Gasteiger partial charge in [0.25, 0.3) is 5.69 Å². The van der Waals surface area contributed by atoms with Gasteiger partial charge in [-0.1, -0.05) is 30.3 Å². The first kappa shape index (κ1) is 16.5. The third kappa shape index (κ3) is 3.25. The topological polar surface area (TPSA) is 78.0 Å². The molecular formula is C19H15N3O3S. The van der Waals surface area contributed by atoms with E-state index in [4.69, 9.17) is 0 Å². The van der Waals surface area contributed by atoms with Gasteiger partial charge >= 0.3 is 0 Å². The molecule has 1 heterocycles. The summed E-state index contributed by atoms with van der Waals surface area (Å²) in [5.74, 6) is -0.232. The Labute approximate surface area is 154 Å². The number of ketones is 1. The lowest BCUT2D eigenvalue weighted by Crippen LogP contribution is -2.03. The zero-order valence-corrected chi connectivity index (χ0v) is 14.6. The number of hydrogen-bond donors (Lipinski definition) is 0. The van der Waals surface area contributed by atoms with Crippen LogP contribution in [-0.2, 0) is 0 Å². The molecule has 4 rings (SSSR count). The van der Waals surface area contributed by atoms with Gasteiger partial charge in [0.2, 0.25) is 0 Å². The first-order valence-corrected chi connectivity index (χ1v) is 9.04.